The summed E-state index contributed by atoms with van der Waals surface area (Å²) in [6.45, 7) is 6.04. The Hall–Kier alpha value is -2.18. The molecule has 0 aliphatic carbocycles. The summed E-state index contributed by atoms with van der Waals surface area (Å²) >= 11 is 0. The van der Waals surface area contributed by atoms with E-state index in [1.165, 1.54) is 0 Å². The molecule has 0 radical (unpaired) electrons. The van der Waals surface area contributed by atoms with Gasteiger partial charge in [0.2, 0.25) is 11.8 Å². The molecule has 7 nitrogen and oxygen atoms in total. The zero-order valence-electron chi connectivity index (χ0n) is 11.2. The fourth-order valence-electron chi connectivity index (χ4n) is 1.63. The van der Waals surface area contributed by atoms with Crippen LogP contribution in [0.4, 0.5) is 5.95 Å². The third-order valence-corrected chi connectivity index (χ3v) is 2.44. The molecular weight excluding hydrogens is 244 g/mol. The van der Waals surface area contributed by atoms with Crippen LogP contribution in [0.2, 0.25) is 0 Å². The van der Waals surface area contributed by atoms with Crippen LogP contribution < -0.4 is 10.1 Å². The van der Waals surface area contributed by atoms with Crippen LogP contribution in [0.5, 0.6) is 5.88 Å². The molecule has 2 heterocycles. The smallest absolute Gasteiger partial charge is 0.226 e. The summed E-state index contributed by atoms with van der Waals surface area (Å²) in [4.78, 5) is 8.59. The van der Waals surface area contributed by atoms with Gasteiger partial charge in [0.05, 0.1) is 12.8 Å². The summed E-state index contributed by atoms with van der Waals surface area (Å²) in [5.41, 5.74) is 0.886. The highest BCUT2D eigenvalue weighted by atomic mass is 16.5. The first-order valence-corrected chi connectivity index (χ1v) is 6.34. The number of nitrogens with zero attached hydrogens (tertiary/aromatic N) is 5. The molecule has 19 heavy (non-hydrogen) atoms. The summed E-state index contributed by atoms with van der Waals surface area (Å²) < 4.78 is 7.18. The van der Waals surface area contributed by atoms with E-state index in [1.54, 1.807) is 10.9 Å². The average molecular weight is 262 g/mol. The van der Waals surface area contributed by atoms with Gasteiger partial charge in [-0.05, 0) is 20.3 Å². The van der Waals surface area contributed by atoms with Gasteiger partial charge in [0, 0.05) is 31.0 Å². The van der Waals surface area contributed by atoms with Gasteiger partial charge in [0.1, 0.15) is 0 Å². The van der Waals surface area contributed by atoms with Crippen LogP contribution >= 0.6 is 0 Å². The Morgan fingerprint density at radius 3 is 3.00 bits per heavy atom. The monoisotopic (exact) mass is 262 g/mol. The predicted molar refractivity (Wildman–Crippen MR) is 71.1 cm³/mol. The van der Waals surface area contributed by atoms with Crippen molar-refractivity contribution in [3.63, 3.8) is 0 Å². The lowest BCUT2D eigenvalue weighted by Gasteiger charge is -2.08. The van der Waals surface area contributed by atoms with Crippen molar-refractivity contribution in [2.45, 2.75) is 26.8 Å². The summed E-state index contributed by atoms with van der Waals surface area (Å²) in [6.07, 6.45) is 4.44. The lowest BCUT2D eigenvalue weighted by atomic mass is 10.4. The molecule has 0 aliphatic rings. The van der Waals surface area contributed by atoms with Gasteiger partial charge in [0.15, 0.2) is 0 Å². The minimum atomic E-state index is 0.599. The summed E-state index contributed by atoms with van der Waals surface area (Å²) in [6, 6.07) is 1.82. The molecule has 0 amide bonds. The number of aryl methyl sites for hydroxylation is 2. The van der Waals surface area contributed by atoms with Crippen molar-refractivity contribution in [3.8, 4) is 5.88 Å². The second-order valence-corrected chi connectivity index (χ2v) is 4.05. The van der Waals surface area contributed by atoms with Gasteiger partial charge in [-0.25, -0.2) is 4.98 Å². The Kier molecular flexibility index (Phi) is 4.66. The number of hydrogen-bond donors (Lipinski definition) is 1. The van der Waals surface area contributed by atoms with Crippen LogP contribution in [0, 0.1) is 6.92 Å². The van der Waals surface area contributed by atoms with Gasteiger partial charge in [-0.1, -0.05) is 5.21 Å². The number of ether oxygens (including phenoxy) is 1. The predicted octanol–water partition coefficient (Wildman–Crippen LogP) is 1.28. The third kappa shape index (κ3) is 4.20. The van der Waals surface area contributed by atoms with E-state index in [0.29, 0.717) is 18.4 Å². The Balaban J connectivity index is 1.81. The average Bonchev–Trinajstić information content (AvgIpc) is 2.87. The minimum absolute atomic E-state index is 0.599. The van der Waals surface area contributed by atoms with E-state index in [-0.39, 0.29) is 0 Å². The Morgan fingerprint density at radius 1 is 1.37 bits per heavy atom. The maximum Gasteiger partial charge on any atom is 0.226 e. The lowest BCUT2D eigenvalue weighted by Crippen LogP contribution is -2.10. The largest absolute Gasteiger partial charge is 0.478 e. The van der Waals surface area contributed by atoms with Crippen molar-refractivity contribution >= 4 is 5.95 Å². The molecular formula is C12H18N6O. The molecule has 1 N–H and O–H groups in total. The van der Waals surface area contributed by atoms with Gasteiger partial charge in [0.25, 0.3) is 0 Å². The summed E-state index contributed by atoms with van der Waals surface area (Å²) in [5.74, 6) is 1.20. The van der Waals surface area contributed by atoms with E-state index in [0.717, 1.165) is 25.2 Å². The third-order valence-electron chi connectivity index (χ3n) is 2.44. The molecule has 0 bridgehead atoms. The van der Waals surface area contributed by atoms with Gasteiger partial charge >= 0.3 is 0 Å². The number of rotatable bonds is 7. The van der Waals surface area contributed by atoms with Crippen molar-refractivity contribution in [2.24, 2.45) is 0 Å². The topological polar surface area (TPSA) is 77.8 Å². The quantitative estimate of drug-likeness (QED) is 0.757. The summed E-state index contributed by atoms with van der Waals surface area (Å²) in [5, 5.41) is 10.8. The fraction of sp³-hybridized carbons (Fsp3) is 0.500. The lowest BCUT2D eigenvalue weighted by molar-refractivity contribution is 0.326. The van der Waals surface area contributed by atoms with Crippen molar-refractivity contribution in [3.05, 3.63) is 24.2 Å². The van der Waals surface area contributed by atoms with Crippen molar-refractivity contribution in [1.82, 2.24) is 25.0 Å². The highest BCUT2D eigenvalue weighted by molar-refractivity contribution is 5.30. The number of aromatic nitrogens is 5. The molecule has 0 unspecified atom stereocenters. The Morgan fingerprint density at radius 2 is 2.26 bits per heavy atom. The molecule has 102 valence electrons. The van der Waals surface area contributed by atoms with Crippen LogP contribution in [0.3, 0.4) is 0 Å². The van der Waals surface area contributed by atoms with Crippen LogP contribution in [-0.2, 0) is 6.54 Å². The molecule has 2 aromatic rings. The maximum atomic E-state index is 5.38. The molecule has 0 saturated carbocycles. The minimum Gasteiger partial charge on any atom is -0.478 e. The first-order chi connectivity index (χ1) is 9.28. The van der Waals surface area contributed by atoms with Crippen molar-refractivity contribution in [2.75, 3.05) is 18.5 Å². The molecule has 0 saturated heterocycles. The number of hydrogen-bond acceptors (Lipinski definition) is 6. The normalized spacial score (nSPS) is 10.4. The maximum absolute atomic E-state index is 5.38. The van der Waals surface area contributed by atoms with Gasteiger partial charge in [-0.3, -0.25) is 4.68 Å². The molecule has 0 fully saturated rings. The highest BCUT2D eigenvalue weighted by Gasteiger charge is 2.02. The second-order valence-electron chi connectivity index (χ2n) is 4.05. The zero-order valence-corrected chi connectivity index (χ0v) is 11.2. The Bertz CT molecular complexity index is 499. The zero-order chi connectivity index (χ0) is 13.5. The van der Waals surface area contributed by atoms with E-state index < -0.39 is 0 Å². The van der Waals surface area contributed by atoms with Gasteiger partial charge < -0.3 is 10.1 Å². The van der Waals surface area contributed by atoms with Gasteiger partial charge in [-0.2, -0.15) is 4.98 Å². The molecule has 2 rings (SSSR count). The van der Waals surface area contributed by atoms with Crippen molar-refractivity contribution in [1.29, 1.82) is 0 Å². The fourth-order valence-corrected chi connectivity index (χ4v) is 1.63. The van der Waals surface area contributed by atoms with Crippen LogP contribution in [-0.4, -0.2) is 38.1 Å². The second kappa shape index (κ2) is 6.67. The standard InChI is InChI=1S/C12H18N6O/c1-3-19-11-9-10(2)15-12(16-11)13-5-4-7-18-8-6-14-17-18/h6,8-9H,3-5,7H2,1-2H3,(H,13,15,16). The van der Waals surface area contributed by atoms with Crippen molar-refractivity contribution < 1.29 is 4.74 Å². The first kappa shape index (κ1) is 13.3. The van der Waals surface area contributed by atoms with E-state index >= 15 is 0 Å². The molecule has 0 aromatic carbocycles. The number of nitrogens with one attached hydrogen (secondary N) is 1. The summed E-state index contributed by atoms with van der Waals surface area (Å²) in [7, 11) is 0. The molecule has 2 aromatic heterocycles. The van der Waals surface area contributed by atoms with E-state index in [9.17, 15) is 0 Å². The van der Waals surface area contributed by atoms with Crippen LogP contribution in [0.25, 0.3) is 0 Å². The highest BCUT2D eigenvalue weighted by Crippen LogP contribution is 2.11. The van der Waals surface area contributed by atoms with Gasteiger partial charge in [-0.15, -0.1) is 5.10 Å². The van der Waals surface area contributed by atoms with E-state index in [1.807, 2.05) is 26.1 Å². The van der Waals surface area contributed by atoms with Crippen LogP contribution in [0.15, 0.2) is 18.5 Å². The molecule has 0 aliphatic heterocycles. The molecule has 7 heteroatoms. The Labute approximate surface area is 112 Å². The SMILES string of the molecule is CCOc1cc(C)nc(NCCCn2ccnn2)n1. The molecule has 0 atom stereocenters. The van der Waals surface area contributed by atoms with E-state index in [2.05, 4.69) is 25.6 Å². The first-order valence-electron chi connectivity index (χ1n) is 6.34. The number of anilines is 1. The molecule has 0 spiro atoms. The van der Waals surface area contributed by atoms with E-state index in [4.69, 9.17) is 4.74 Å². The van der Waals surface area contributed by atoms with Crippen LogP contribution in [0.1, 0.15) is 19.0 Å².